The Morgan fingerprint density at radius 2 is 1.71 bits per heavy atom. The van der Waals surface area contributed by atoms with Gasteiger partial charge < -0.3 is 14.4 Å². The molecule has 172 valence electrons. The molecule has 0 aliphatic carbocycles. The van der Waals surface area contributed by atoms with E-state index in [9.17, 15) is 0 Å². The van der Waals surface area contributed by atoms with Crippen molar-refractivity contribution in [3.05, 3.63) is 77.9 Å². The van der Waals surface area contributed by atoms with Crippen LogP contribution in [0.3, 0.4) is 0 Å². The van der Waals surface area contributed by atoms with Crippen LogP contribution >= 0.6 is 0 Å². The summed E-state index contributed by atoms with van der Waals surface area (Å²) in [7, 11) is 5.35. The molecule has 0 N–H and O–H groups in total. The monoisotopic (exact) mass is 453 g/mol. The van der Waals surface area contributed by atoms with Crippen LogP contribution in [0, 0.1) is 6.92 Å². The van der Waals surface area contributed by atoms with Crippen molar-refractivity contribution in [1.29, 1.82) is 0 Å². The first kappa shape index (κ1) is 21.7. The van der Waals surface area contributed by atoms with Crippen LogP contribution in [0.4, 0.5) is 5.95 Å². The van der Waals surface area contributed by atoms with Crippen LogP contribution < -0.4 is 14.4 Å². The highest BCUT2D eigenvalue weighted by molar-refractivity contribution is 5.93. The number of fused-ring (bicyclic) bond motifs is 3. The lowest BCUT2D eigenvalue weighted by atomic mass is 10.1. The lowest BCUT2D eigenvalue weighted by Crippen LogP contribution is -2.24. The van der Waals surface area contributed by atoms with Crippen molar-refractivity contribution in [3.63, 3.8) is 0 Å². The van der Waals surface area contributed by atoms with Crippen molar-refractivity contribution in [2.24, 2.45) is 0 Å². The second kappa shape index (κ2) is 9.02. The van der Waals surface area contributed by atoms with Crippen molar-refractivity contribution in [2.45, 2.75) is 13.3 Å². The first-order valence-corrected chi connectivity index (χ1v) is 11.2. The van der Waals surface area contributed by atoms with E-state index in [4.69, 9.17) is 14.5 Å². The summed E-state index contributed by atoms with van der Waals surface area (Å²) in [6, 6.07) is 22.4. The number of hydrogen-bond donors (Lipinski definition) is 0. The van der Waals surface area contributed by atoms with E-state index in [-0.39, 0.29) is 0 Å². The Labute approximate surface area is 198 Å². The molecule has 0 aliphatic heterocycles. The van der Waals surface area contributed by atoms with Gasteiger partial charge in [-0.2, -0.15) is 0 Å². The number of aromatic nitrogens is 4. The molecule has 3 aromatic carbocycles. The molecule has 0 aliphatic rings. The molecular formula is C27H27N5O2. The third kappa shape index (κ3) is 3.90. The van der Waals surface area contributed by atoms with Crippen LogP contribution in [0.5, 0.6) is 11.5 Å². The highest BCUT2D eigenvalue weighted by atomic mass is 16.5. The third-order valence-corrected chi connectivity index (χ3v) is 6.03. The van der Waals surface area contributed by atoms with E-state index in [1.54, 1.807) is 14.2 Å². The van der Waals surface area contributed by atoms with Gasteiger partial charge in [-0.05, 0) is 49.2 Å². The van der Waals surface area contributed by atoms with Gasteiger partial charge in [-0.15, -0.1) is 10.2 Å². The Kier molecular flexibility index (Phi) is 5.76. The standard InChI is InChI=1S/C27H27N5O2/c1-18-8-7-9-20(16-18)25-29-30-26-21-10-5-6-11-22(21)28-27(32(25)26)31(2)15-14-19-12-13-23(33-3)24(17-19)34-4/h5-13,16-17H,14-15H2,1-4H3. The van der Waals surface area contributed by atoms with Crippen LogP contribution in [0.15, 0.2) is 66.7 Å². The summed E-state index contributed by atoms with van der Waals surface area (Å²) in [5, 5.41) is 10.1. The predicted molar refractivity (Wildman–Crippen MR) is 135 cm³/mol. The summed E-state index contributed by atoms with van der Waals surface area (Å²) >= 11 is 0. The largest absolute Gasteiger partial charge is 0.493 e. The lowest BCUT2D eigenvalue weighted by molar-refractivity contribution is 0.354. The minimum absolute atomic E-state index is 0.727. The maximum absolute atomic E-state index is 5.47. The van der Waals surface area contributed by atoms with Gasteiger partial charge >= 0.3 is 0 Å². The molecule has 0 fully saturated rings. The summed E-state index contributed by atoms with van der Waals surface area (Å²) in [6.07, 6.45) is 0.814. The quantitative estimate of drug-likeness (QED) is 0.347. The van der Waals surface area contributed by atoms with Gasteiger partial charge in [-0.3, -0.25) is 0 Å². The first-order chi connectivity index (χ1) is 16.6. The van der Waals surface area contributed by atoms with E-state index in [0.717, 1.165) is 63.9 Å². The molecule has 0 saturated carbocycles. The topological polar surface area (TPSA) is 64.8 Å². The zero-order valence-electron chi connectivity index (χ0n) is 19.8. The van der Waals surface area contributed by atoms with Gasteiger partial charge in [0.1, 0.15) is 0 Å². The van der Waals surface area contributed by atoms with E-state index in [2.05, 4.69) is 57.7 Å². The molecule has 0 bridgehead atoms. The fraction of sp³-hybridized carbons (Fsp3) is 0.222. The van der Waals surface area contributed by atoms with Gasteiger partial charge in [-0.1, -0.05) is 42.0 Å². The Balaban J connectivity index is 1.56. The zero-order chi connectivity index (χ0) is 23.7. The number of ether oxygens (including phenoxy) is 2. The Bertz CT molecular complexity index is 1480. The smallest absolute Gasteiger partial charge is 0.213 e. The SMILES string of the molecule is COc1ccc(CCN(C)c2nc3ccccc3c3nnc(-c4cccc(C)c4)n23)cc1OC. The van der Waals surface area contributed by atoms with E-state index in [0.29, 0.717) is 0 Å². The second-order valence-electron chi connectivity index (χ2n) is 8.34. The summed E-state index contributed by atoms with van der Waals surface area (Å²) in [4.78, 5) is 7.17. The lowest BCUT2D eigenvalue weighted by Gasteiger charge is -2.21. The van der Waals surface area contributed by atoms with Crippen LogP contribution in [-0.2, 0) is 6.42 Å². The first-order valence-electron chi connectivity index (χ1n) is 11.2. The number of likely N-dealkylation sites (N-methyl/N-ethyl adjacent to an activating group) is 1. The number of aryl methyl sites for hydroxylation is 1. The fourth-order valence-corrected chi connectivity index (χ4v) is 4.23. The molecule has 0 radical (unpaired) electrons. The number of hydrogen-bond acceptors (Lipinski definition) is 6. The molecule has 0 unspecified atom stereocenters. The Morgan fingerprint density at radius 1 is 0.882 bits per heavy atom. The average Bonchev–Trinajstić information content (AvgIpc) is 3.32. The van der Waals surface area contributed by atoms with Gasteiger partial charge in [0.25, 0.3) is 0 Å². The number of methoxy groups -OCH3 is 2. The molecule has 7 heteroatoms. The molecule has 2 heterocycles. The summed E-state index contributed by atoms with van der Waals surface area (Å²) in [5.74, 6) is 3.04. The van der Waals surface area contributed by atoms with Crippen molar-refractivity contribution in [1.82, 2.24) is 19.6 Å². The van der Waals surface area contributed by atoms with Crippen molar-refractivity contribution in [3.8, 4) is 22.9 Å². The normalized spacial score (nSPS) is 11.2. The van der Waals surface area contributed by atoms with Gasteiger partial charge in [0.05, 0.1) is 19.7 Å². The molecule has 0 spiro atoms. The van der Waals surface area contributed by atoms with Gasteiger partial charge in [0, 0.05) is 24.5 Å². The average molecular weight is 454 g/mol. The summed E-state index contributed by atoms with van der Waals surface area (Å²) in [6.45, 7) is 2.83. The highest BCUT2D eigenvalue weighted by Gasteiger charge is 2.19. The van der Waals surface area contributed by atoms with Gasteiger partial charge in [0.15, 0.2) is 23.0 Å². The van der Waals surface area contributed by atoms with E-state index < -0.39 is 0 Å². The van der Waals surface area contributed by atoms with Crippen molar-refractivity contribution in [2.75, 3.05) is 32.7 Å². The molecule has 2 aromatic heterocycles. The molecule has 7 nitrogen and oxygen atoms in total. The maximum Gasteiger partial charge on any atom is 0.213 e. The minimum atomic E-state index is 0.727. The Morgan fingerprint density at radius 3 is 2.50 bits per heavy atom. The van der Waals surface area contributed by atoms with Gasteiger partial charge in [-0.25, -0.2) is 9.38 Å². The second-order valence-corrected chi connectivity index (χ2v) is 8.34. The maximum atomic E-state index is 5.47. The van der Waals surface area contributed by atoms with Crippen LogP contribution in [0.2, 0.25) is 0 Å². The summed E-state index contributed by atoms with van der Waals surface area (Å²) in [5.41, 5.74) is 5.04. The fourth-order valence-electron chi connectivity index (χ4n) is 4.23. The Hall–Kier alpha value is -4.13. The molecule has 34 heavy (non-hydrogen) atoms. The number of rotatable bonds is 7. The zero-order valence-corrected chi connectivity index (χ0v) is 19.8. The van der Waals surface area contributed by atoms with Gasteiger partial charge in [0.2, 0.25) is 5.95 Å². The number of anilines is 1. The number of benzene rings is 3. The van der Waals surface area contributed by atoms with Crippen LogP contribution in [-0.4, -0.2) is 47.4 Å². The summed E-state index contributed by atoms with van der Waals surface area (Å²) < 4.78 is 12.9. The predicted octanol–water partition coefficient (Wildman–Crippen LogP) is 4.95. The number of nitrogens with zero attached hydrogens (tertiary/aromatic N) is 5. The number of para-hydroxylation sites is 1. The minimum Gasteiger partial charge on any atom is -0.493 e. The van der Waals surface area contributed by atoms with Crippen molar-refractivity contribution >= 4 is 22.5 Å². The molecule has 0 atom stereocenters. The van der Waals surface area contributed by atoms with Crippen LogP contribution in [0.1, 0.15) is 11.1 Å². The van der Waals surface area contributed by atoms with Crippen molar-refractivity contribution < 1.29 is 9.47 Å². The van der Waals surface area contributed by atoms with E-state index >= 15 is 0 Å². The molecule has 5 aromatic rings. The van der Waals surface area contributed by atoms with Crippen LogP contribution in [0.25, 0.3) is 27.9 Å². The molecule has 5 rings (SSSR count). The van der Waals surface area contributed by atoms with E-state index in [1.165, 1.54) is 5.56 Å². The molecule has 0 saturated heterocycles. The molecular weight excluding hydrogens is 426 g/mol. The molecule has 0 amide bonds. The highest BCUT2D eigenvalue weighted by Crippen LogP contribution is 2.30. The third-order valence-electron chi connectivity index (χ3n) is 6.03. The van der Waals surface area contributed by atoms with E-state index in [1.807, 2.05) is 42.5 Å².